The van der Waals surface area contributed by atoms with Crippen molar-refractivity contribution >= 4 is 17.2 Å². The van der Waals surface area contributed by atoms with Crippen molar-refractivity contribution in [2.75, 3.05) is 0 Å². The summed E-state index contributed by atoms with van der Waals surface area (Å²) in [5, 5.41) is 5.35. The molecule has 2 N–H and O–H groups in total. The number of hydrogen-bond acceptors (Lipinski definition) is 4. The van der Waals surface area contributed by atoms with Gasteiger partial charge in [0.05, 0.1) is 23.6 Å². The topological polar surface area (TPSA) is 69.1 Å². The highest BCUT2D eigenvalue weighted by Gasteiger charge is 2.14. The predicted molar refractivity (Wildman–Crippen MR) is 93.7 cm³/mol. The van der Waals surface area contributed by atoms with Crippen molar-refractivity contribution in [3.05, 3.63) is 83.4 Å². The third kappa shape index (κ3) is 2.64. The van der Waals surface area contributed by atoms with Crippen LogP contribution in [0.15, 0.2) is 67.1 Å². The summed E-state index contributed by atoms with van der Waals surface area (Å²) in [6, 6.07) is 14.9. The zero-order valence-electron chi connectivity index (χ0n) is 12.7. The summed E-state index contributed by atoms with van der Waals surface area (Å²) in [5.74, 6) is 0. The van der Waals surface area contributed by atoms with E-state index >= 15 is 0 Å². The van der Waals surface area contributed by atoms with Gasteiger partial charge in [-0.15, -0.1) is 0 Å². The number of pyridine rings is 1. The van der Waals surface area contributed by atoms with Crippen LogP contribution < -0.4 is 5.73 Å². The average Bonchev–Trinajstić information content (AvgIpc) is 3.05. The SMILES string of the molecule is NC(c1cccnc1)c1ccc2ncc(-c3cccc(Cl)c3)n2n1. The second kappa shape index (κ2) is 6.03. The summed E-state index contributed by atoms with van der Waals surface area (Å²) in [4.78, 5) is 8.52. The van der Waals surface area contributed by atoms with Crippen molar-refractivity contribution in [1.82, 2.24) is 19.6 Å². The Morgan fingerprint density at radius 2 is 1.96 bits per heavy atom. The number of nitrogens with zero attached hydrogens (tertiary/aromatic N) is 4. The van der Waals surface area contributed by atoms with Crippen LogP contribution in [0.4, 0.5) is 0 Å². The van der Waals surface area contributed by atoms with E-state index in [4.69, 9.17) is 17.3 Å². The number of nitrogens with two attached hydrogens (primary N) is 1. The standard InChI is InChI=1S/C18H14ClN5/c19-14-5-1-3-12(9-14)16-11-22-17-7-6-15(23-24(16)17)18(20)13-4-2-8-21-10-13/h1-11,18H,20H2. The van der Waals surface area contributed by atoms with Crippen molar-refractivity contribution in [3.63, 3.8) is 0 Å². The summed E-state index contributed by atoms with van der Waals surface area (Å²) in [6.07, 6.45) is 5.26. The molecule has 1 aromatic carbocycles. The number of fused-ring (bicyclic) bond motifs is 1. The van der Waals surface area contributed by atoms with Gasteiger partial charge < -0.3 is 5.73 Å². The first-order chi connectivity index (χ1) is 11.7. The third-order valence-corrected chi connectivity index (χ3v) is 4.10. The van der Waals surface area contributed by atoms with Gasteiger partial charge in [0.2, 0.25) is 0 Å². The van der Waals surface area contributed by atoms with E-state index in [1.54, 1.807) is 23.1 Å². The highest BCUT2D eigenvalue weighted by atomic mass is 35.5. The maximum absolute atomic E-state index is 6.33. The minimum Gasteiger partial charge on any atom is -0.319 e. The van der Waals surface area contributed by atoms with Crippen LogP contribution in [0.25, 0.3) is 16.9 Å². The van der Waals surface area contributed by atoms with Crippen molar-refractivity contribution in [2.45, 2.75) is 6.04 Å². The number of aromatic nitrogens is 4. The molecule has 0 saturated carbocycles. The lowest BCUT2D eigenvalue weighted by Crippen LogP contribution is -2.15. The molecule has 0 spiro atoms. The van der Waals surface area contributed by atoms with E-state index in [9.17, 15) is 0 Å². The molecule has 0 aliphatic rings. The minimum atomic E-state index is -0.349. The molecule has 0 radical (unpaired) electrons. The zero-order chi connectivity index (χ0) is 16.5. The van der Waals surface area contributed by atoms with Crippen LogP contribution in [-0.2, 0) is 0 Å². The van der Waals surface area contributed by atoms with E-state index in [1.807, 2.05) is 48.5 Å². The average molecular weight is 336 g/mol. The van der Waals surface area contributed by atoms with Crippen LogP contribution in [0, 0.1) is 0 Å². The van der Waals surface area contributed by atoms with Crippen LogP contribution in [0.2, 0.25) is 5.02 Å². The van der Waals surface area contributed by atoms with Crippen LogP contribution in [-0.4, -0.2) is 19.6 Å². The van der Waals surface area contributed by atoms with Crippen molar-refractivity contribution in [2.24, 2.45) is 5.73 Å². The van der Waals surface area contributed by atoms with Crippen molar-refractivity contribution in [1.29, 1.82) is 0 Å². The van der Waals surface area contributed by atoms with Crippen LogP contribution in [0.3, 0.4) is 0 Å². The predicted octanol–water partition coefficient (Wildman–Crippen LogP) is 3.49. The lowest BCUT2D eigenvalue weighted by molar-refractivity contribution is 0.768. The van der Waals surface area contributed by atoms with E-state index in [2.05, 4.69) is 15.1 Å². The van der Waals surface area contributed by atoms with E-state index in [0.29, 0.717) is 5.02 Å². The van der Waals surface area contributed by atoms with Gasteiger partial charge in [0.25, 0.3) is 0 Å². The molecule has 0 amide bonds. The van der Waals surface area contributed by atoms with E-state index in [1.165, 1.54) is 0 Å². The third-order valence-electron chi connectivity index (χ3n) is 3.87. The highest BCUT2D eigenvalue weighted by Crippen LogP contribution is 2.24. The Morgan fingerprint density at radius 1 is 1.04 bits per heavy atom. The molecule has 3 aromatic heterocycles. The van der Waals surface area contributed by atoms with Crippen molar-refractivity contribution < 1.29 is 0 Å². The van der Waals surface area contributed by atoms with Crippen LogP contribution in [0.1, 0.15) is 17.3 Å². The fourth-order valence-electron chi connectivity index (χ4n) is 2.63. The van der Waals surface area contributed by atoms with Gasteiger partial charge in [-0.25, -0.2) is 9.50 Å². The molecule has 0 fully saturated rings. The molecule has 0 aliphatic carbocycles. The van der Waals surface area contributed by atoms with Gasteiger partial charge in [0.1, 0.15) is 0 Å². The molecule has 1 atom stereocenters. The first kappa shape index (κ1) is 14.8. The number of benzene rings is 1. The second-order valence-electron chi connectivity index (χ2n) is 5.45. The molecule has 1 unspecified atom stereocenters. The molecule has 0 bridgehead atoms. The van der Waals surface area contributed by atoms with Gasteiger partial charge in [0.15, 0.2) is 5.65 Å². The molecule has 0 aliphatic heterocycles. The van der Waals surface area contributed by atoms with Gasteiger partial charge in [0, 0.05) is 23.0 Å². The monoisotopic (exact) mass is 335 g/mol. The molecule has 5 nitrogen and oxygen atoms in total. The van der Waals surface area contributed by atoms with Crippen LogP contribution >= 0.6 is 11.6 Å². The number of hydrogen-bond donors (Lipinski definition) is 1. The maximum atomic E-state index is 6.33. The molecule has 4 rings (SSSR count). The smallest absolute Gasteiger partial charge is 0.154 e. The Morgan fingerprint density at radius 3 is 2.75 bits per heavy atom. The second-order valence-corrected chi connectivity index (χ2v) is 5.88. The fourth-order valence-corrected chi connectivity index (χ4v) is 2.82. The Balaban J connectivity index is 1.82. The molecule has 6 heteroatoms. The largest absolute Gasteiger partial charge is 0.319 e. The zero-order valence-corrected chi connectivity index (χ0v) is 13.4. The normalized spacial score (nSPS) is 12.4. The lowest BCUT2D eigenvalue weighted by Gasteiger charge is -2.11. The Bertz CT molecular complexity index is 997. The minimum absolute atomic E-state index is 0.349. The Kier molecular flexibility index (Phi) is 3.72. The number of halogens is 1. The summed E-state index contributed by atoms with van der Waals surface area (Å²) < 4.78 is 1.79. The van der Waals surface area contributed by atoms with Gasteiger partial charge in [-0.05, 0) is 35.9 Å². The molecular formula is C18H14ClN5. The summed E-state index contributed by atoms with van der Waals surface area (Å²) in [5.41, 5.74) is 10.6. The first-order valence-electron chi connectivity index (χ1n) is 7.48. The van der Waals surface area contributed by atoms with Gasteiger partial charge in [-0.2, -0.15) is 5.10 Å². The fraction of sp³-hybridized carbons (Fsp3) is 0.0556. The number of imidazole rings is 1. The van der Waals surface area contributed by atoms with E-state index in [0.717, 1.165) is 28.2 Å². The van der Waals surface area contributed by atoms with E-state index in [-0.39, 0.29) is 6.04 Å². The van der Waals surface area contributed by atoms with Gasteiger partial charge in [-0.1, -0.05) is 29.8 Å². The van der Waals surface area contributed by atoms with Crippen LogP contribution in [0.5, 0.6) is 0 Å². The Labute approximate surface area is 143 Å². The molecule has 118 valence electrons. The molecule has 24 heavy (non-hydrogen) atoms. The molecule has 4 aromatic rings. The summed E-state index contributed by atoms with van der Waals surface area (Å²) in [7, 11) is 0. The molecule has 0 saturated heterocycles. The lowest BCUT2D eigenvalue weighted by atomic mass is 10.1. The molecular weight excluding hydrogens is 322 g/mol. The maximum Gasteiger partial charge on any atom is 0.154 e. The summed E-state index contributed by atoms with van der Waals surface area (Å²) >= 11 is 6.10. The van der Waals surface area contributed by atoms with E-state index < -0.39 is 0 Å². The number of rotatable bonds is 3. The quantitative estimate of drug-likeness (QED) is 0.622. The summed E-state index contributed by atoms with van der Waals surface area (Å²) in [6.45, 7) is 0. The van der Waals surface area contributed by atoms with Crippen molar-refractivity contribution in [3.8, 4) is 11.3 Å². The Hall–Kier alpha value is -2.76. The van der Waals surface area contributed by atoms with Gasteiger partial charge in [-0.3, -0.25) is 4.98 Å². The molecule has 3 heterocycles. The highest BCUT2D eigenvalue weighted by molar-refractivity contribution is 6.30. The van der Waals surface area contributed by atoms with Gasteiger partial charge >= 0.3 is 0 Å². The first-order valence-corrected chi connectivity index (χ1v) is 7.86.